The molecule has 1 heterocycles. The van der Waals surface area contributed by atoms with Crippen molar-refractivity contribution in [3.05, 3.63) is 29.8 Å². The van der Waals surface area contributed by atoms with Crippen LogP contribution in [0.2, 0.25) is 0 Å². The summed E-state index contributed by atoms with van der Waals surface area (Å²) >= 11 is 0. The number of rotatable bonds is 0. The maximum Gasteiger partial charge on any atom is 0.123 e. The second kappa shape index (κ2) is 2.76. The van der Waals surface area contributed by atoms with Crippen molar-refractivity contribution in [3.8, 4) is 5.75 Å². The van der Waals surface area contributed by atoms with Crippen LogP contribution in [0.1, 0.15) is 38.7 Å². The first kappa shape index (κ1) is 8.61. The Morgan fingerprint density at radius 1 is 1.54 bits per heavy atom. The highest BCUT2D eigenvalue weighted by Crippen LogP contribution is 2.39. The highest BCUT2D eigenvalue weighted by molar-refractivity contribution is 5.38. The average molecular weight is 175 g/mol. The molecule has 1 aliphatic heterocycles. The van der Waals surface area contributed by atoms with Crippen LogP contribution < -0.4 is 4.74 Å². The van der Waals surface area contributed by atoms with Gasteiger partial charge in [0.1, 0.15) is 11.4 Å². The molecule has 0 spiro atoms. The zero-order valence-corrected chi connectivity index (χ0v) is 8.42. The molecule has 0 saturated carbocycles. The van der Waals surface area contributed by atoms with Gasteiger partial charge >= 0.3 is 0 Å². The van der Waals surface area contributed by atoms with Gasteiger partial charge in [-0.2, -0.15) is 0 Å². The van der Waals surface area contributed by atoms with Gasteiger partial charge in [-0.1, -0.05) is 13.0 Å². The second-order valence-corrected chi connectivity index (χ2v) is 4.43. The van der Waals surface area contributed by atoms with Gasteiger partial charge in [0.05, 0.1) is 0 Å². The number of fused-ring (bicyclic) bond motifs is 1. The summed E-state index contributed by atoms with van der Waals surface area (Å²) in [4.78, 5) is 0. The van der Waals surface area contributed by atoms with E-state index in [-0.39, 0.29) is 5.60 Å². The van der Waals surface area contributed by atoms with Crippen LogP contribution in [-0.2, 0) is 0 Å². The predicted octanol–water partition coefficient (Wildman–Crippen LogP) is 3.15. The molecule has 1 heteroatoms. The summed E-state index contributed by atoms with van der Waals surface area (Å²) in [7, 11) is 0. The first-order chi connectivity index (χ1) is 6.08. The minimum Gasteiger partial charge on any atom is -0.488 e. The van der Waals surface area contributed by atoms with Gasteiger partial charge in [0.15, 0.2) is 0 Å². The third kappa shape index (κ3) is 1.55. The molecule has 1 nitrogen and oxygen atoms in total. The van der Waals surface area contributed by atoms with E-state index in [0.717, 1.165) is 12.2 Å². The van der Waals surface area contributed by atoms with E-state index in [1.807, 2.05) is 18.2 Å². The molecule has 69 valence electrons. The van der Waals surface area contributed by atoms with Gasteiger partial charge in [-0.3, -0.25) is 0 Å². The Balaban J connectivity index is 2.43. The highest BCUT2D eigenvalue weighted by Gasteiger charge is 2.30. The van der Waals surface area contributed by atoms with Crippen LogP contribution in [0.4, 0.5) is 0 Å². The molecule has 0 fully saturated rings. The first-order valence-electron chi connectivity index (χ1n) is 4.77. The molecule has 1 unspecified atom stereocenters. The maximum absolute atomic E-state index is 5.87. The zero-order chi connectivity index (χ0) is 9.47. The highest BCUT2D eigenvalue weighted by atomic mass is 16.5. The third-order valence-corrected chi connectivity index (χ3v) is 2.57. The van der Waals surface area contributed by atoms with Crippen molar-refractivity contribution in [1.82, 2.24) is 0 Å². The fraction of sp³-hybridized carbons (Fsp3) is 0.500. The van der Waals surface area contributed by atoms with E-state index in [1.165, 1.54) is 5.56 Å². The Morgan fingerprint density at radius 2 is 2.31 bits per heavy atom. The Morgan fingerprint density at radius 3 is 3.08 bits per heavy atom. The molecular weight excluding hydrogens is 160 g/mol. The predicted molar refractivity (Wildman–Crippen MR) is 53.0 cm³/mol. The Bertz CT molecular complexity index is 315. The molecule has 1 radical (unpaired) electrons. The summed E-state index contributed by atoms with van der Waals surface area (Å²) in [5, 5.41) is 0. The van der Waals surface area contributed by atoms with Gasteiger partial charge in [-0.05, 0) is 49.9 Å². The van der Waals surface area contributed by atoms with Crippen molar-refractivity contribution in [2.24, 2.45) is 0 Å². The van der Waals surface area contributed by atoms with E-state index < -0.39 is 0 Å². The van der Waals surface area contributed by atoms with Gasteiger partial charge in [-0.25, -0.2) is 0 Å². The molecule has 0 bridgehead atoms. The van der Waals surface area contributed by atoms with Crippen LogP contribution in [0.5, 0.6) is 5.75 Å². The van der Waals surface area contributed by atoms with Gasteiger partial charge in [0, 0.05) is 0 Å². The molecule has 1 atom stereocenters. The van der Waals surface area contributed by atoms with Crippen LogP contribution >= 0.6 is 0 Å². The molecular formula is C12H15O. The fourth-order valence-corrected chi connectivity index (χ4v) is 2.09. The molecule has 1 aromatic carbocycles. The van der Waals surface area contributed by atoms with E-state index >= 15 is 0 Å². The standard InChI is InChI=1S/C12H15O/c1-9-8-12(2,3)13-11-7-5-4-6-10(9)11/h5-7,9H,8H2,1-3H3. The van der Waals surface area contributed by atoms with Gasteiger partial charge in [0.25, 0.3) is 0 Å². The zero-order valence-electron chi connectivity index (χ0n) is 8.42. The molecule has 0 saturated heterocycles. The molecule has 0 aliphatic carbocycles. The lowest BCUT2D eigenvalue weighted by atomic mass is 9.86. The van der Waals surface area contributed by atoms with E-state index in [9.17, 15) is 0 Å². The molecule has 2 rings (SSSR count). The van der Waals surface area contributed by atoms with Crippen LogP contribution in [0.15, 0.2) is 18.2 Å². The number of hydrogen-bond acceptors (Lipinski definition) is 1. The van der Waals surface area contributed by atoms with Gasteiger partial charge in [-0.15, -0.1) is 0 Å². The monoisotopic (exact) mass is 175 g/mol. The summed E-state index contributed by atoms with van der Waals surface area (Å²) in [5.41, 5.74) is 1.27. The second-order valence-electron chi connectivity index (χ2n) is 4.43. The number of hydrogen-bond donors (Lipinski definition) is 0. The summed E-state index contributed by atoms with van der Waals surface area (Å²) in [6.45, 7) is 6.53. The largest absolute Gasteiger partial charge is 0.488 e. The van der Waals surface area contributed by atoms with Crippen molar-refractivity contribution in [3.63, 3.8) is 0 Å². The lowest BCUT2D eigenvalue weighted by Crippen LogP contribution is -2.33. The summed E-state index contributed by atoms with van der Waals surface area (Å²) in [6, 6.07) is 9.05. The van der Waals surface area contributed by atoms with Crippen molar-refractivity contribution >= 4 is 0 Å². The molecule has 0 N–H and O–H groups in total. The summed E-state index contributed by atoms with van der Waals surface area (Å²) in [5.74, 6) is 1.61. The minimum absolute atomic E-state index is 0.0201. The minimum atomic E-state index is -0.0201. The molecule has 0 aromatic heterocycles. The van der Waals surface area contributed by atoms with Crippen molar-refractivity contribution in [2.75, 3.05) is 0 Å². The normalized spacial score (nSPS) is 24.7. The molecule has 0 amide bonds. The summed E-state index contributed by atoms with van der Waals surface area (Å²) < 4.78 is 5.87. The van der Waals surface area contributed by atoms with Crippen molar-refractivity contribution < 1.29 is 4.74 Å². The number of benzene rings is 1. The smallest absolute Gasteiger partial charge is 0.123 e. The van der Waals surface area contributed by atoms with Crippen molar-refractivity contribution in [1.29, 1.82) is 0 Å². The first-order valence-corrected chi connectivity index (χ1v) is 4.77. The third-order valence-electron chi connectivity index (χ3n) is 2.57. The lowest BCUT2D eigenvalue weighted by molar-refractivity contribution is 0.0746. The molecule has 13 heavy (non-hydrogen) atoms. The van der Waals surface area contributed by atoms with Crippen LogP contribution in [0.25, 0.3) is 0 Å². The topological polar surface area (TPSA) is 9.23 Å². The Hall–Kier alpha value is -0.980. The van der Waals surface area contributed by atoms with Gasteiger partial charge in [0.2, 0.25) is 0 Å². The Kier molecular flexibility index (Phi) is 1.83. The molecule has 1 aliphatic rings. The quantitative estimate of drug-likeness (QED) is 0.588. The summed E-state index contributed by atoms with van der Waals surface area (Å²) in [6.07, 6.45) is 1.08. The number of ether oxygens (including phenoxy) is 1. The SMILES string of the molecule is CC1CC(C)(C)Oc2cc[c]cc21. The van der Waals surface area contributed by atoms with E-state index in [4.69, 9.17) is 4.74 Å². The lowest BCUT2D eigenvalue weighted by Gasteiger charge is -2.36. The van der Waals surface area contributed by atoms with E-state index in [1.54, 1.807) is 0 Å². The fourth-order valence-electron chi connectivity index (χ4n) is 2.09. The average Bonchev–Trinajstić information content (AvgIpc) is 2.02. The molecule has 1 aromatic rings. The van der Waals surface area contributed by atoms with Crippen LogP contribution in [0, 0.1) is 6.07 Å². The maximum atomic E-state index is 5.87. The van der Waals surface area contributed by atoms with E-state index in [0.29, 0.717) is 5.92 Å². The van der Waals surface area contributed by atoms with E-state index in [2.05, 4.69) is 26.8 Å². The van der Waals surface area contributed by atoms with Crippen molar-refractivity contribution in [2.45, 2.75) is 38.7 Å². The Labute approximate surface area is 79.7 Å². The van der Waals surface area contributed by atoms with Crippen LogP contribution in [-0.4, -0.2) is 5.60 Å². The van der Waals surface area contributed by atoms with Gasteiger partial charge < -0.3 is 4.74 Å². The van der Waals surface area contributed by atoms with Crippen LogP contribution in [0.3, 0.4) is 0 Å².